The minimum Gasteiger partial charge on any atom is -0.381 e. The maximum atomic E-state index is 12.8. The van der Waals surface area contributed by atoms with Gasteiger partial charge in [-0.05, 0) is 12.8 Å². The summed E-state index contributed by atoms with van der Waals surface area (Å²) in [5.74, 6) is -0.749. The molecule has 0 aliphatic carbocycles. The lowest BCUT2D eigenvalue weighted by molar-refractivity contribution is -0.176. The first-order chi connectivity index (χ1) is 9.47. The number of anilines is 2. The van der Waals surface area contributed by atoms with Crippen molar-refractivity contribution in [1.29, 1.82) is 0 Å². The maximum Gasteiger partial charge on any atom is 0.393 e. The summed E-state index contributed by atoms with van der Waals surface area (Å²) in [5.41, 5.74) is 6.02. The molecule has 0 spiro atoms. The Labute approximate surface area is 112 Å². The zero-order valence-electron chi connectivity index (χ0n) is 10.5. The number of piperidine rings is 1. The summed E-state index contributed by atoms with van der Waals surface area (Å²) in [6.07, 6.45) is -0.488. The number of rotatable bonds is 1. The van der Waals surface area contributed by atoms with Crippen molar-refractivity contribution in [3.05, 3.63) is 12.4 Å². The molecule has 3 rings (SSSR count). The lowest BCUT2D eigenvalue weighted by atomic mass is 9.98. The molecule has 0 saturated carbocycles. The van der Waals surface area contributed by atoms with Crippen LogP contribution in [-0.2, 0) is 0 Å². The van der Waals surface area contributed by atoms with Crippen LogP contribution in [0.4, 0.5) is 24.9 Å². The van der Waals surface area contributed by atoms with Crippen LogP contribution in [0.15, 0.2) is 12.4 Å². The van der Waals surface area contributed by atoms with E-state index >= 15 is 0 Å². The van der Waals surface area contributed by atoms with Gasteiger partial charge in [0.25, 0.3) is 0 Å². The van der Waals surface area contributed by atoms with Crippen LogP contribution >= 0.6 is 0 Å². The van der Waals surface area contributed by atoms with Crippen molar-refractivity contribution in [3.8, 4) is 0 Å². The fourth-order valence-corrected chi connectivity index (χ4v) is 2.47. The first-order valence-electron chi connectivity index (χ1n) is 6.23. The number of fused-ring (bicyclic) bond motifs is 1. The third-order valence-electron chi connectivity index (χ3n) is 3.50. The van der Waals surface area contributed by atoms with Gasteiger partial charge in [-0.1, -0.05) is 0 Å². The average molecular weight is 286 g/mol. The third-order valence-corrected chi connectivity index (χ3v) is 3.50. The van der Waals surface area contributed by atoms with Crippen LogP contribution in [0.1, 0.15) is 12.8 Å². The van der Waals surface area contributed by atoms with E-state index in [4.69, 9.17) is 5.73 Å². The van der Waals surface area contributed by atoms with Crippen molar-refractivity contribution in [1.82, 2.24) is 19.6 Å². The molecular weight excluding hydrogens is 273 g/mol. The molecule has 20 heavy (non-hydrogen) atoms. The average Bonchev–Trinajstić information content (AvgIpc) is 2.83. The molecule has 0 radical (unpaired) electrons. The molecule has 0 aromatic carbocycles. The van der Waals surface area contributed by atoms with Crippen LogP contribution in [0.5, 0.6) is 0 Å². The number of hydrogen-bond acceptors (Lipinski definition) is 5. The lowest BCUT2D eigenvalue weighted by Gasteiger charge is -2.33. The monoisotopic (exact) mass is 286 g/mol. The van der Waals surface area contributed by atoms with Gasteiger partial charge in [-0.15, -0.1) is 10.2 Å². The van der Waals surface area contributed by atoms with E-state index in [1.54, 1.807) is 15.5 Å². The van der Waals surface area contributed by atoms with Crippen molar-refractivity contribution < 1.29 is 13.2 Å². The Morgan fingerprint density at radius 2 is 2.10 bits per heavy atom. The quantitative estimate of drug-likeness (QED) is 0.859. The van der Waals surface area contributed by atoms with Crippen molar-refractivity contribution >= 4 is 17.4 Å². The van der Waals surface area contributed by atoms with Crippen LogP contribution in [0.3, 0.4) is 0 Å². The fraction of sp³-hybridized carbons (Fsp3) is 0.545. The van der Waals surface area contributed by atoms with E-state index in [0.717, 1.165) is 0 Å². The Bertz CT molecular complexity index is 622. The van der Waals surface area contributed by atoms with E-state index in [9.17, 15) is 13.2 Å². The topological polar surface area (TPSA) is 72.3 Å². The van der Waals surface area contributed by atoms with Gasteiger partial charge in [0.05, 0.1) is 5.92 Å². The second kappa shape index (κ2) is 4.50. The molecule has 1 unspecified atom stereocenters. The lowest BCUT2D eigenvalue weighted by Crippen LogP contribution is -2.42. The van der Waals surface area contributed by atoms with E-state index in [1.165, 1.54) is 6.20 Å². The van der Waals surface area contributed by atoms with Crippen LogP contribution in [0.25, 0.3) is 5.65 Å². The van der Waals surface area contributed by atoms with Gasteiger partial charge in [0.15, 0.2) is 5.82 Å². The summed E-state index contributed by atoms with van der Waals surface area (Å²) >= 11 is 0. The standard InChI is InChI=1S/C11H13F3N6/c12-11(13,14)7-2-1-4-19(6-7)10-18-17-9-8(15)16-3-5-20(9)10/h3,5,7H,1-2,4,6H2,(H2,15,16). The minimum absolute atomic E-state index is 0.105. The molecule has 1 atom stereocenters. The Hall–Kier alpha value is -2.06. The van der Waals surface area contributed by atoms with Crippen molar-refractivity contribution in [3.63, 3.8) is 0 Å². The van der Waals surface area contributed by atoms with Crippen LogP contribution in [-0.4, -0.2) is 38.8 Å². The maximum absolute atomic E-state index is 12.8. The van der Waals surface area contributed by atoms with Crippen molar-refractivity contribution in [2.45, 2.75) is 19.0 Å². The van der Waals surface area contributed by atoms with Crippen molar-refractivity contribution in [2.24, 2.45) is 5.92 Å². The predicted molar refractivity (Wildman–Crippen MR) is 66.2 cm³/mol. The van der Waals surface area contributed by atoms with Crippen LogP contribution in [0, 0.1) is 5.92 Å². The van der Waals surface area contributed by atoms with Gasteiger partial charge in [-0.3, -0.25) is 4.40 Å². The molecular formula is C11H13F3N6. The van der Waals surface area contributed by atoms with Crippen LogP contribution < -0.4 is 10.6 Å². The third kappa shape index (κ3) is 2.12. The van der Waals surface area contributed by atoms with E-state index < -0.39 is 12.1 Å². The van der Waals surface area contributed by atoms with E-state index in [1.807, 2.05) is 0 Å². The SMILES string of the molecule is Nc1nccn2c(N3CCCC(C(F)(F)F)C3)nnc12. The van der Waals surface area contributed by atoms with Gasteiger partial charge in [0.1, 0.15) is 0 Å². The molecule has 9 heteroatoms. The van der Waals surface area contributed by atoms with Gasteiger partial charge in [0.2, 0.25) is 11.6 Å². The minimum atomic E-state index is -4.18. The molecule has 1 fully saturated rings. The number of hydrogen-bond donors (Lipinski definition) is 1. The number of aromatic nitrogens is 4. The highest BCUT2D eigenvalue weighted by Crippen LogP contribution is 2.34. The van der Waals surface area contributed by atoms with E-state index in [-0.39, 0.29) is 18.8 Å². The molecule has 3 heterocycles. The zero-order chi connectivity index (χ0) is 14.3. The Morgan fingerprint density at radius 1 is 1.30 bits per heavy atom. The summed E-state index contributed by atoms with van der Waals surface area (Å²) in [6.45, 7) is 0.419. The molecule has 2 aromatic heterocycles. The molecule has 2 aromatic rings. The number of nitrogens with zero attached hydrogens (tertiary/aromatic N) is 5. The molecule has 1 aliphatic rings. The number of alkyl halides is 3. The van der Waals surface area contributed by atoms with Gasteiger partial charge < -0.3 is 10.6 Å². The second-order valence-electron chi connectivity index (χ2n) is 4.83. The molecule has 0 bridgehead atoms. The second-order valence-corrected chi connectivity index (χ2v) is 4.83. The Balaban J connectivity index is 1.93. The molecule has 1 aliphatic heterocycles. The highest BCUT2D eigenvalue weighted by atomic mass is 19.4. The smallest absolute Gasteiger partial charge is 0.381 e. The van der Waals surface area contributed by atoms with Gasteiger partial charge in [-0.2, -0.15) is 13.2 Å². The normalized spacial score (nSPS) is 20.6. The largest absolute Gasteiger partial charge is 0.393 e. The van der Waals surface area contributed by atoms with Gasteiger partial charge in [0, 0.05) is 25.5 Å². The Kier molecular flexibility index (Phi) is 2.91. The van der Waals surface area contributed by atoms with Crippen molar-refractivity contribution in [2.75, 3.05) is 23.7 Å². The fourth-order valence-electron chi connectivity index (χ4n) is 2.47. The number of nitrogen functional groups attached to an aromatic ring is 1. The van der Waals surface area contributed by atoms with Gasteiger partial charge in [-0.25, -0.2) is 4.98 Å². The zero-order valence-corrected chi connectivity index (χ0v) is 10.5. The summed E-state index contributed by atoms with van der Waals surface area (Å²) in [4.78, 5) is 5.47. The van der Waals surface area contributed by atoms with Crippen LogP contribution in [0.2, 0.25) is 0 Å². The summed E-state index contributed by atoms with van der Waals surface area (Å²) in [6, 6.07) is 0. The Morgan fingerprint density at radius 3 is 2.85 bits per heavy atom. The molecule has 1 saturated heterocycles. The molecule has 2 N–H and O–H groups in total. The van der Waals surface area contributed by atoms with Gasteiger partial charge >= 0.3 is 6.18 Å². The van der Waals surface area contributed by atoms with E-state index in [0.29, 0.717) is 24.6 Å². The number of halogens is 3. The molecule has 108 valence electrons. The number of nitrogens with two attached hydrogens (primary N) is 1. The summed E-state index contributed by atoms with van der Waals surface area (Å²) in [5, 5.41) is 7.83. The first-order valence-corrected chi connectivity index (χ1v) is 6.23. The highest BCUT2D eigenvalue weighted by Gasteiger charge is 2.42. The highest BCUT2D eigenvalue weighted by molar-refractivity contribution is 5.61. The summed E-state index contributed by atoms with van der Waals surface area (Å²) in [7, 11) is 0. The molecule has 6 nitrogen and oxygen atoms in total. The van der Waals surface area contributed by atoms with E-state index in [2.05, 4.69) is 15.2 Å². The molecule has 0 amide bonds. The predicted octanol–water partition coefficient (Wildman–Crippen LogP) is 1.49. The first kappa shape index (κ1) is 12.9. The summed E-state index contributed by atoms with van der Waals surface area (Å²) < 4.78 is 40.1.